The topological polar surface area (TPSA) is 67.4 Å². The quantitative estimate of drug-likeness (QED) is 0.787. The summed E-state index contributed by atoms with van der Waals surface area (Å²) >= 11 is 0. The number of ether oxygens (including phenoxy) is 1. The van der Waals surface area contributed by atoms with Gasteiger partial charge in [0.2, 0.25) is 5.91 Å². The van der Waals surface area contributed by atoms with E-state index >= 15 is 0 Å². The average Bonchev–Trinajstić information content (AvgIpc) is 2.39. The van der Waals surface area contributed by atoms with Crippen molar-refractivity contribution in [3.8, 4) is 0 Å². The van der Waals surface area contributed by atoms with E-state index in [1.807, 2.05) is 0 Å². The van der Waals surface area contributed by atoms with E-state index in [-0.39, 0.29) is 5.91 Å². The molecule has 0 aliphatic heterocycles. The van der Waals surface area contributed by atoms with Gasteiger partial charge in [-0.3, -0.25) is 4.79 Å². The Hall–Kier alpha value is -1.26. The molecule has 2 amide bonds. The Morgan fingerprint density at radius 3 is 2.60 bits per heavy atom. The molecule has 0 bridgehead atoms. The molecule has 0 heterocycles. The summed E-state index contributed by atoms with van der Waals surface area (Å²) in [5.74, 6) is 1.18. The van der Waals surface area contributed by atoms with Gasteiger partial charge in [-0.05, 0) is 31.6 Å². The molecule has 1 fully saturated rings. The molecule has 1 aliphatic rings. The van der Waals surface area contributed by atoms with Crippen molar-refractivity contribution < 1.29 is 14.3 Å². The largest absolute Gasteiger partial charge is 0.450 e. The molecule has 116 valence electrons. The molecule has 0 aromatic carbocycles. The number of hydrogen-bond acceptors (Lipinski definition) is 3. The second-order valence-corrected chi connectivity index (χ2v) is 5.76. The van der Waals surface area contributed by atoms with Crippen LogP contribution in [0.3, 0.4) is 0 Å². The van der Waals surface area contributed by atoms with Crippen LogP contribution in [0, 0.1) is 11.8 Å². The zero-order valence-electron chi connectivity index (χ0n) is 12.9. The van der Waals surface area contributed by atoms with Crippen molar-refractivity contribution in [2.75, 3.05) is 13.2 Å². The summed E-state index contributed by atoms with van der Waals surface area (Å²) in [5.41, 5.74) is 0. The lowest BCUT2D eigenvalue weighted by atomic mass is 9.78. The van der Waals surface area contributed by atoms with Gasteiger partial charge in [0, 0.05) is 19.0 Å². The van der Waals surface area contributed by atoms with Crippen LogP contribution in [0.2, 0.25) is 0 Å². The van der Waals surface area contributed by atoms with Gasteiger partial charge in [0.1, 0.15) is 0 Å². The highest BCUT2D eigenvalue weighted by atomic mass is 16.5. The third-order valence-corrected chi connectivity index (χ3v) is 3.92. The van der Waals surface area contributed by atoms with Crippen molar-refractivity contribution in [3.63, 3.8) is 0 Å². The van der Waals surface area contributed by atoms with E-state index < -0.39 is 6.09 Å². The minimum atomic E-state index is -0.460. The van der Waals surface area contributed by atoms with Gasteiger partial charge in [-0.2, -0.15) is 0 Å². The first-order chi connectivity index (χ1) is 9.54. The molecule has 0 unspecified atom stereocenters. The molecular weight excluding hydrogens is 256 g/mol. The number of carbonyl (C=O) groups excluding carboxylic acids is 2. The highest BCUT2D eigenvalue weighted by molar-refractivity contribution is 5.77. The number of amides is 2. The van der Waals surface area contributed by atoms with Gasteiger partial charge in [0.15, 0.2) is 0 Å². The number of hydrogen-bond donors (Lipinski definition) is 2. The highest BCUT2D eigenvalue weighted by Crippen LogP contribution is 2.30. The first-order valence-electron chi connectivity index (χ1n) is 7.74. The van der Waals surface area contributed by atoms with Crippen LogP contribution in [0.15, 0.2) is 0 Å². The number of rotatable bonds is 6. The molecule has 0 spiro atoms. The molecule has 5 heteroatoms. The van der Waals surface area contributed by atoms with Crippen LogP contribution in [0.4, 0.5) is 4.79 Å². The van der Waals surface area contributed by atoms with Crippen LogP contribution >= 0.6 is 0 Å². The van der Waals surface area contributed by atoms with Crippen LogP contribution in [0.5, 0.6) is 0 Å². The van der Waals surface area contributed by atoms with Crippen molar-refractivity contribution >= 4 is 12.0 Å². The van der Waals surface area contributed by atoms with Gasteiger partial charge in [0.05, 0.1) is 6.61 Å². The minimum Gasteiger partial charge on any atom is -0.450 e. The fourth-order valence-electron chi connectivity index (χ4n) is 2.88. The Labute approximate surface area is 121 Å². The summed E-state index contributed by atoms with van der Waals surface area (Å²) in [6.07, 6.45) is 4.57. The molecule has 2 N–H and O–H groups in total. The summed E-state index contributed by atoms with van der Waals surface area (Å²) in [5, 5.41) is 5.69. The lowest BCUT2D eigenvalue weighted by Gasteiger charge is -2.34. The summed E-state index contributed by atoms with van der Waals surface area (Å²) in [6.45, 7) is 6.86. The Balaban J connectivity index is 2.28. The van der Waals surface area contributed by atoms with Crippen LogP contribution < -0.4 is 10.6 Å². The summed E-state index contributed by atoms with van der Waals surface area (Å²) in [7, 11) is 0. The zero-order chi connectivity index (χ0) is 15.0. The van der Waals surface area contributed by atoms with Gasteiger partial charge >= 0.3 is 6.09 Å². The first-order valence-corrected chi connectivity index (χ1v) is 7.74. The SMILES string of the molecule is CCOC(=O)NCCC(=O)N[C@H]1CCCC[C@@H]1C(C)C. The van der Waals surface area contributed by atoms with E-state index in [0.717, 1.165) is 6.42 Å². The van der Waals surface area contributed by atoms with E-state index in [0.29, 0.717) is 37.5 Å². The van der Waals surface area contributed by atoms with Gasteiger partial charge in [-0.15, -0.1) is 0 Å². The van der Waals surface area contributed by atoms with Gasteiger partial charge in [-0.1, -0.05) is 26.7 Å². The molecule has 0 radical (unpaired) electrons. The normalized spacial score (nSPS) is 22.4. The minimum absolute atomic E-state index is 0.0133. The number of alkyl carbamates (subject to hydrolysis) is 1. The maximum Gasteiger partial charge on any atom is 0.407 e. The Kier molecular flexibility index (Phi) is 7.41. The van der Waals surface area contributed by atoms with Crippen molar-refractivity contribution in [1.29, 1.82) is 0 Å². The maximum absolute atomic E-state index is 11.9. The number of carbonyl (C=O) groups is 2. The van der Waals surface area contributed by atoms with Gasteiger partial charge in [-0.25, -0.2) is 4.79 Å². The van der Waals surface area contributed by atoms with Crippen molar-refractivity contribution in [3.05, 3.63) is 0 Å². The van der Waals surface area contributed by atoms with E-state index in [2.05, 4.69) is 24.5 Å². The second-order valence-electron chi connectivity index (χ2n) is 5.76. The van der Waals surface area contributed by atoms with Crippen molar-refractivity contribution in [2.24, 2.45) is 11.8 Å². The fourth-order valence-corrected chi connectivity index (χ4v) is 2.88. The third-order valence-electron chi connectivity index (χ3n) is 3.92. The summed E-state index contributed by atoms with van der Waals surface area (Å²) < 4.78 is 4.74. The molecule has 0 aromatic heterocycles. The fraction of sp³-hybridized carbons (Fsp3) is 0.867. The van der Waals surface area contributed by atoms with Crippen LogP contribution in [-0.2, 0) is 9.53 Å². The second kappa shape index (κ2) is 8.82. The van der Waals surface area contributed by atoms with E-state index in [4.69, 9.17) is 4.74 Å². The number of nitrogens with one attached hydrogen (secondary N) is 2. The molecule has 5 nitrogen and oxygen atoms in total. The lowest BCUT2D eigenvalue weighted by molar-refractivity contribution is -0.122. The van der Waals surface area contributed by atoms with Crippen LogP contribution in [-0.4, -0.2) is 31.2 Å². The zero-order valence-corrected chi connectivity index (χ0v) is 12.9. The van der Waals surface area contributed by atoms with Crippen LogP contribution in [0.1, 0.15) is 52.9 Å². The molecule has 1 rings (SSSR count). The lowest BCUT2D eigenvalue weighted by Crippen LogP contribution is -2.44. The van der Waals surface area contributed by atoms with Crippen LogP contribution in [0.25, 0.3) is 0 Å². The third kappa shape index (κ3) is 5.80. The molecule has 0 saturated heterocycles. The Morgan fingerprint density at radius 1 is 1.25 bits per heavy atom. The van der Waals surface area contributed by atoms with E-state index in [1.165, 1.54) is 19.3 Å². The van der Waals surface area contributed by atoms with Crippen molar-refractivity contribution in [2.45, 2.75) is 58.9 Å². The first kappa shape index (κ1) is 16.8. The van der Waals surface area contributed by atoms with Gasteiger partial charge < -0.3 is 15.4 Å². The smallest absolute Gasteiger partial charge is 0.407 e. The van der Waals surface area contributed by atoms with Gasteiger partial charge in [0.25, 0.3) is 0 Å². The molecule has 0 aromatic rings. The standard InChI is InChI=1S/C15H28N2O3/c1-4-20-15(19)16-10-9-14(18)17-13-8-6-5-7-12(13)11(2)3/h11-13H,4-10H2,1-3H3,(H,16,19)(H,17,18)/t12-,13+/m1/s1. The Bertz CT molecular complexity index is 318. The predicted octanol–water partition coefficient (Wildman–Crippen LogP) is 2.45. The predicted molar refractivity (Wildman–Crippen MR) is 78.4 cm³/mol. The monoisotopic (exact) mass is 284 g/mol. The molecule has 20 heavy (non-hydrogen) atoms. The van der Waals surface area contributed by atoms with Crippen molar-refractivity contribution in [1.82, 2.24) is 10.6 Å². The highest BCUT2D eigenvalue weighted by Gasteiger charge is 2.28. The van der Waals surface area contributed by atoms with E-state index in [1.54, 1.807) is 6.92 Å². The molecule has 1 saturated carbocycles. The Morgan fingerprint density at radius 2 is 1.95 bits per heavy atom. The molecule has 1 aliphatic carbocycles. The molecule has 2 atom stereocenters. The average molecular weight is 284 g/mol. The van der Waals surface area contributed by atoms with E-state index in [9.17, 15) is 9.59 Å². The summed E-state index contributed by atoms with van der Waals surface area (Å²) in [4.78, 5) is 23.0. The summed E-state index contributed by atoms with van der Waals surface area (Å²) in [6, 6.07) is 0.291. The molecular formula is C15H28N2O3. The maximum atomic E-state index is 11.9.